The van der Waals surface area contributed by atoms with Gasteiger partial charge in [0.2, 0.25) is 11.8 Å². The van der Waals surface area contributed by atoms with Crippen LogP contribution in [-0.4, -0.2) is 43.3 Å². The van der Waals surface area contributed by atoms with E-state index in [2.05, 4.69) is 5.32 Å². The summed E-state index contributed by atoms with van der Waals surface area (Å²) in [6.07, 6.45) is 0.344. The molecule has 1 N–H and O–H groups in total. The quantitative estimate of drug-likeness (QED) is 0.323. The predicted molar refractivity (Wildman–Crippen MR) is 161 cm³/mol. The maximum atomic E-state index is 14.1. The number of carbonyl (C=O) groups excluding carboxylic acids is 2. The van der Waals surface area contributed by atoms with E-state index in [9.17, 15) is 18.0 Å². The predicted octanol–water partition coefficient (Wildman–Crippen LogP) is 5.87. The molecule has 0 spiro atoms. The van der Waals surface area contributed by atoms with Gasteiger partial charge in [-0.25, -0.2) is 8.42 Å². The molecule has 9 heteroatoms. The Balaban J connectivity index is 2.08. The van der Waals surface area contributed by atoms with Crippen molar-refractivity contribution in [2.75, 3.05) is 10.8 Å². The monoisotopic (exact) mass is 583 g/mol. The Hall–Kier alpha value is -3.36. The highest BCUT2D eigenvalue weighted by Crippen LogP contribution is 2.27. The van der Waals surface area contributed by atoms with Gasteiger partial charge in [0.25, 0.3) is 10.0 Å². The molecule has 0 heterocycles. The smallest absolute Gasteiger partial charge is 0.264 e. The van der Waals surface area contributed by atoms with Gasteiger partial charge in [-0.05, 0) is 94.1 Å². The SMILES string of the molecule is CC[C@@H](C(=O)NC(C)(C)C)N(Cc1ccc(Cl)cc1)C(=O)CN(c1ccc(C)c(C)c1)S(=O)(=O)c1ccccc1. The normalized spacial score (nSPS) is 12.5. The van der Waals surface area contributed by atoms with Crippen molar-refractivity contribution in [1.29, 1.82) is 0 Å². The third-order valence-corrected chi connectivity index (χ3v) is 8.58. The number of sulfonamides is 1. The first-order chi connectivity index (χ1) is 18.7. The van der Waals surface area contributed by atoms with Crippen LogP contribution in [-0.2, 0) is 26.2 Å². The van der Waals surface area contributed by atoms with E-state index in [-0.39, 0.29) is 17.3 Å². The number of benzene rings is 3. The zero-order valence-electron chi connectivity index (χ0n) is 23.9. The highest BCUT2D eigenvalue weighted by Gasteiger charge is 2.34. The number of carbonyl (C=O) groups is 2. The fourth-order valence-electron chi connectivity index (χ4n) is 4.29. The number of hydrogen-bond acceptors (Lipinski definition) is 4. The lowest BCUT2D eigenvalue weighted by molar-refractivity contribution is -0.141. The second-order valence-corrected chi connectivity index (χ2v) is 13.2. The maximum Gasteiger partial charge on any atom is 0.264 e. The van der Waals surface area contributed by atoms with Gasteiger partial charge in [-0.2, -0.15) is 0 Å². The lowest BCUT2D eigenvalue weighted by atomic mass is 10.1. The van der Waals surface area contributed by atoms with Crippen molar-refractivity contribution in [2.24, 2.45) is 0 Å². The van der Waals surface area contributed by atoms with Crippen molar-refractivity contribution in [3.63, 3.8) is 0 Å². The Labute approximate surface area is 243 Å². The van der Waals surface area contributed by atoms with Crippen LogP contribution in [0.2, 0.25) is 5.02 Å². The largest absolute Gasteiger partial charge is 0.350 e. The number of amides is 2. The minimum absolute atomic E-state index is 0.0720. The van der Waals surface area contributed by atoms with E-state index >= 15 is 0 Å². The van der Waals surface area contributed by atoms with E-state index < -0.39 is 34.1 Å². The first kappa shape index (κ1) is 31.2. The summed E-state index contributed by atoms with van der Waals surface area (Å²) in [4.78, 5) is 29.0. The summed E-state index contributed by atoms with van der Waals surface area (Å²) in [5.74, 6) is -0.801. The Morgan fingerprint density at radius 3 is 2.10 bits per heavy atom. The number of anilines is 1. The summed E-state index contributed by atoms with van der Waals surface area (Å²) >= 11 is 6.07. The molecule has 7 nitrogen and oxygen atoms in total. The van der Waals surface area contributed by atoms with Crippen LogP contribution in [0, 0.1) is 13.8 Å². The molecule has 214 valence electrons. The molecule has 0 aliphatic heterocycles. The minimum Gasteiger partial charge on any atom is -0.350 e. The molecule has 0 aliphatic rings. The van der Waals surface area contributed by atoms with Crippen LogP contribution >= 0.6 is 11.6 Å². The fraction of sp³-hybridized carbons (Fsp3) is 0.355. The molecular formula is C31H38ClN3O4S. The van der Waals surface area contributed by atoms with Gasteiger partial charge in [0.05, 0.1) is 10.6 Å². The minimum atomic E-state index is -4.10. The van der Waals surface area contributed by atoms with Crippen molar-refractivity contribution >= 4 is 39.1 Å². The average Bonchev–Trinajstić information content (AvgIpc) is 2.89. The van der Waals surface area contributed by atoms with E-state index in [1.54, 1.807) is 54.6 Å². The molecular weight excluding hydrogens is 546 g/mol. The van der Waals surface area contributed by atoms with Crippen molar-refractivity contribution in [3.8, 4) is 0 Å². The Morgan fingerprint density at radius 1 is 0.925 bits per heavy atom. The van der Waals surface area contributed by atoms with Crippen LogP contribution in [0.5, 0.6) is 0 Å². The third-order valence-electron chi connectivity index (χ3n) is 6.54. The van der Waals surface area contributed by atoms with Gasteiger partial charge in [-0.3, -0.25) is 13.9 Å². The zero-order chi connectivity index (χ0) is 29.7. The van der Waals surface area contributed by atoms with Gasteiger partial charge in [-0.15, -0.1) is 0 Å². The van der Waals surface area contributed by atoms with Crippen molar-refractivity contribution in [1.82, 2.24) is 10.2 Å². The molecule has 40 heavy (non-hydrogen) atoms. The summed E-state index contributed by atoms with van der Waals surface area (Å²) in [7, 11) is -4.10. The van der Waals surface area contributed by atoms with E-state index in [1.807, 2.05) is 47.6 Å². The van der Waals surface area contributed by atoms with Crippen LogP contribution in [0.1, 0.15) is 50.8 Å². The summed E-state index contributed by atoms with van der Waals surface area (Å²) in [5.41, 5.74) is 2.53. The van der Waals surface area contributed by atoms with Gasteiger partial charge < -0.3 is 10.2 Å². The van der Waals surface area contributed by atoms with Crippen LogP contribution in [0.4, 0.5) is 5.69 Å². The Morgan fingerprint density at radius 2 is 1.55 bits per heavy atom. The molecule has 0 fully saturated rings. The molecule has 0 aliphatic carbocycles. The third kappa shape index (κ3) is 7.86. The Bertz CT molecular complexity index is 1440. The molecule has 0 bridgehead atoms. The highest BCUT2D eigenvalue weighted by molar-refractivity contribution is 7.92. The van der Waals surface area contributed by atoms with Crippen molar-refractivity contribution in [3.05, 3.63) is 94.5 Å². The zero-order valence-corrected chi connectivity index (χ0v) is 25.5. The molecule has 3 rings (SSSR count). The highest BCUT2D eigenvalue weighted by atomic mass is 35.5. The first-order valence-electron chi connectivity index (χ1n) is 13.2. The number of nitrogens with one attached hydrogen (secondary N) is 1. The summed E-state index contributed by atoms with van der Waals surface area (Å²) in [6, 6.07) is 19.5. The molecule has 2 amide bonds. The maximum absolute atomic E-state index is 14.1. The molecule has 0 unspecified atom stereocenters. The second-order valence-electron chi connectivity index (χ2n) is 10.9. The average molecular weight is 584 g/mol. The molecule has 0 saturated carbocycles. The molecule has 1 atom stereocenters. The van der Waals surface area contributed by atoms with Crippen molar-refractivity contribution < 1.29 is 18.0 Å². The number of hydrogen-bond donors (Lipinski definition) is 1. The van der Waals surface area contributed by atoms with E-state index in [0.29, 0.717) is 17.1 Å². The van der Waals surface area contributed by atoms with Gasteiger partial charge in [0, 0.05) is 17.1 Å². The van der Waals surface area contributed by atoms with Crippen LogP contribution < -0.4 is 9.62 Å². The summed E-state index contributed by atoms with van der Waals surface area (Å²) in [6.45, 7) is 10.9. The van der Waals surface area contributed by atoms with Gasteiger partial charge in [0.15, 0.2) is 0 Å². The standard InChI is InChI=1S/C31H38ClN3O4S/c1-7-28(30(37)33-31(4,5)6)34(20-24-14-16-25(32)17-15-24)29(36)21-35(26-18-13-22(2)23(3)19-26)40(38,39)27-11-9-8-10-12-27/h8-19,28H,7,20-21H2,1-6H3,(H,33,37)/t28-/m0/s1. The number of nitrogens with zero attached hydrogens (tertiary/aromatic N) is 2. The molecule has 3 aromatic rings. The second kappa shape index (κ2) is 12.9. The fourth-order valence-corrected chi connectivity index (χ4v) is 5.84. The van der Waals surface area contributed by atoms with Crippen molar-refractivity contribution in [2.45, 2.75) is 71.0 Å². The van der Waals surface area contributed by atoms with Gasteiger partial charge in [0.1, 0.15) is 12.6 Å². The van der Waals surface area contributed by atoms with Gasteiger partial charge in [-0.1, -0.05) is 54.9 Å². The first-order valence-corrected chi connectivity index (χ1v) is 15.1. The summed E-state index contributed by atoms with van der Waals surface area (Å²) < 4.78 is 28.9. The molecule has 0 radical (unpaired) electrons. The Kier molecular flexibility index (Phi) is 10.0. The van der Waals surface area contributed by atoms with E-state index in [1.165, 1.54) is 17.0 Å². The molecule has 3 aromatic carbocycles. The number of halogens is 1. The molecule has 0 saturated heterocycles. The summed E-state index contributed by atoms with van der Waals surface area (Å²) in [5, 5.41) is 3.52. The lowest BCUT2D eigenvalue weighted by Gasteiger charge is -2.35. The lowest BCUT2D eigenvalue weighted by Crippen LogP contribution is -2.55. The van der Waals surface area contributed by atoms with Crippen LogP contribution in [0.25, 0.3) is 0 Å². The van der Waals surface area contributed by atoms with Gasteiger partial charge >= 0.3 is 0 Å². The van der Waals surface area contributed by atoms with E-state index in [4.69, 9.17) is 11.6 Å². The number of aryl methyl sites for hydroxylation is 2. The van der Waals surface area contributed by atoms with Crippen LogP contribution in [0.15, 0.2) is 77.7 Å². The van der Waals surface area contributed by atoms with Crippen LogP contribution in [0.3, 0.4) is 0 Å². The number of rotatable bonds is 10. The topological polar surface area (TPSA) is 86.8 Å². The molecule has 0 aromatic heterocycles. The van der Waals surface area contributed by atoms with E-state index in [0.717, 1.165) is 21.0 Å².